The molecule has 0 amide bonds. The molecule has 1 aliphatic heterocycles. The third-order valence-corrected chi connectivity index (χ3v) is 13.2. The summed E-state index contributed by atoms with van der Waals surface area (Å²) in [6, 6.07) is 15.3. The second-order valence-electron chi connectivity index (χ2n) is 17.8. The van der Waals surface area contributed by atoms with E-state index in [2.05, 4.69) is 82.6 Å². The summed E-state index contributed by atoms with van der Waals surface area (Å²) in [4.78, 5) is 20.9. The van der Waals surface area contributed by atoms with E-state index in [1.54, 1.807) is 20.5 Å². The molecule has 296 valence electrons. The molecule has 3 aliphatic carbocycles. The van der Waals surface area contributed by atoms with Gasteiger partial charge >= 0.3 is 0 Å². The van der Waals surface area contributed by atoms with Crippen LogP contribution in [0.3, 0.4) is 0 Å². The highest BCUT2D eigenvalue weighted by molar-refractivity contribution is 5.87. The van der Waals surface area contributed by atoms with Crippen molar-refractivity contribution in [2.75, 3.05) is 32.6 Å². The molecule has 11 heteroatoms. The van der Waals surface area contributed by atoms with Crippen molar-refractivity contribution in [3.63, 3.8) is 0 Å². The van der Waals surface area contributed by atoms with E-state index in [9.17, 15) is 0 Å². The first-order chi connectivity index (χ1) is 27.1. The molecule has 2 N–H and O–H groups in total. The number of ether oxygens (including phenoxy) is 4. The van der Waals surface area contributed by atoms with E-state index in [0.29, 0.717) is 24.4 Å². The summed E-state index contributed by atoms with van der Waals surface area (Å²) in [5.41, 5.74) is 5.58. The minimum atomic E-state index is -0.110. The molecule has 5 aromatic rings. The van der Waals surface area contributed by atoms with Crippen LogP contribution in [-0.2, 0) is 27.9 Å². The number of aromatic nitrogens is 5. The van der Waals surface area contributed by atoms with Crippen molar-refractivity contribution in [1.82, 2.24) is 29.4 Å². The van der Waals surface area contributed by atoms with Gasteiger partial charge in [0.1, 0.15) is 41.2 Å². The molecular formula is C45H57N7O4. The summed E-state index contributed by atoms with van der Waals surface area (Å²) in [6.45, 7) is 13.6. The summed E-state index contributed by atoms with van der Waals surface area (Å²) in [5.74, 6) is 5.73. The molecule has 4 aliphatic rings. The van der Waals surface area contributed by atoms with Crippen molar-refractivity contribution >= 4 is 27.9 Å². The third kappa shape index (κ3) is 7.19. The Hall–Kier alpha value is -4.77. The lowest BCUT2D eigenvalue weighted by Gasteiger charge is -2.46. The van der Waals surface area contributed by atoms with Crippen LogP contribution in [0, 0.1) is 17.8 Å². The van der Waals surface area contributed by atoms with Crippen molar-refractivity contribution in [3.05, 3.63) is 84.5 Å². The van der Waals surface area contributed by atoms with Gasteiger partial charge < -0.3 is 33.8 Å². The number of nitrogens with one attached hydrogen (secondary N) is 2. The smallest absolute Gasteiger partial charge is 0.272 e. The Kier molecular flexibility index (Phi) is 9.84. The fourth-order valence-electron chi connectivity index (χ4n) is 9.61. The number of nitrogens with zero attached hydrogens (tertiary/aromatic N) is 5. The maximum atomic E-state index is 6.39. The van der Waals surface area contributed by atoms with Crippen molar-refractivity contribution in [3.8, 4) is 11.5 Å². The van der Waals surface area contributed by atoms with Crippen molar-refractivity contribution in [1.29, 1.82) is 0 Å². The fraction of sp³-hybridized carbons (Fsp3) is 0.533. The van der Waals surface area contributed by atoms with Crippen LogP contribution in [0.4, 0.5) is 5.82 Å². The average molecular weight is 760 g/mol. The standard InChI is InChI=1S/C45H57N7O4/c1-27-55-41-31(20-38(42(41)56-27)52-17-16-35-43(47-26-48-44(35)52)46-23-30-11-13-34(53-5)22-39(30)54-6)25-51(24-28-8-7-9-28)33-18-29(19-33)10-15-40-49-36-14-12-32(45(2,3)4)21-37(36)50-40/h11-14,16-17,21-22,26,28-29,31,33,38,41-42H,1,7-10,15,18-20,23-25H2,2-6H3,(H,49,50)(H,46,47,48)/t29-,31-,33+,38-,41-,42+/m1/s1. The lowest BCUT2D eigenvalue weighted by molar-refractivity contribution is 0.0157. The molecule has 1 saturated heterocycles. The van der Waals surface area contributed by atoms with Crippen LogP contribution < -0.4 is 14.8 Å². The van der Waals surface area contributed by atoms with Crippen LogP contribution in [0.5, 0.6) is 11.5 Å². The predicted octanol–water partition coefficient (Wildman–Crippen LogP) is 8.56. The molecular weight excluding hydrogens is 703 g/mol. The molecule has 4 heterocycles. The Morgan fingerprint density at radius 2 is 1.80 bits per heavy atom. The second kappa shape index (κ2) is 15.0. The number of H-pyrrole nitrogens is 1. The van der Waals surface area contributed by atoms with Crippen LogP contribution in [-0.4, -0.2) is 75.0 Å². The molecule has 0 spiro atoms. The molecule has 56 heavy (non-hydrogen) atoms. The molecule has 2 aromatic carbocycles. The van der Waals surface area contributed by atoms with Gasteiger partial charge in [0, 0.05) is 55.8 Å². The van der Waals surface area contributed by atoms with Gasteiger partial charge in [0.2, 0.25) is 0 Å². The van der Waals surface area contributed by atoms with Gasteiger partial charge in [-0.1, -0.05) is 33.3 Å². The Labute approximate surface area is 330 Å². The first kappa shape index (κ1) is 36.8. The normalized spacial score (nSPS) is 24.9. The summed E-state index contributed by atoms with van der Waals surface area (Å²) >= 11 is 0. The number of hydrogen-bond donors (Lipinski definition) is 2. The number of imidazole rings is 1. The van der Waals surface area contributed by atoms with Gasteiger partial charge in [-0.3, -0.25) is 4.90 Å². The zero-order chi connectivity index (χ0) is 38.6. The van der Waals surface area contributed by atoms with Gasteiger partial charge in [-0.05, 0) is 98.2 Å². The predicted molar refractivity (Wildman–Crippen MR) is 219 cm³/mol. The van der Waals surface area contributed by atoms with Crippen LogP contribution >= 0.6 is 0 Å². The van der Waals surface area contributed by atoms with Crippen LogP contribution in [0.15, 0.2) is 67.5 Å². The van der Waals surface area contributed by atoms with E-state index in [4.69, 9.17) is 28.9 Å². The van der Waals surface area contributed by atoms with Gasteiger partial charge in [-0.15, -0.1) is 0 Å². The third-order valence-electron chi connectivity index (χ3n) is 13.2. The van der Waals surface area contributed by atoms with E-state index in [1.165, 1.54) is 50.6 Å². The highest BCUT2D eigenvalue weighted by Gasteiger charge is 2.53. The molecule has 0 radical (unpaired) electrons. The second-order valence-corrected chi connectivity index (χ2v) is 17.8. The number of hydrogen-bond acceptors (Lipinski definition) is 9. The topological polar surface area (TPSA) is 112 Å². The number of methoxy groups -OCH3 is 2. The van der Waals surface area contributed by atoms with Gasteiger partial charge in [-0.2, -0.15) is 0 Å². The molecule has 9 rings (SSSR count). The van der Waals surface area contributed by atoms with Crippen LogP contribution in [0.1, 0.15) is 88.7 Å². The first-order valence-corrected chi connectivity index (χ1v) is 20.6. The Morgan fingerprint density at radius 1 is 0.964 bits per heavy atom. The molecule has 11 nitrogen and oxygen atoms in total. The van der Waals surface area contributed by atoms with Crippen molar-refractivity contribution in [2.24, 2.45) is 17.8 Å². The van der Waals surface area contributed by atoms with E-state index >= 15 is 0 Å². The average Bonchev–Trinajstić information content (AvgIpc) is 3.93. The lowest BCUT2D eigenvalue weighted by atomic mass is 9.75. The molecule has 0 bridgehead atoms. The quantitative estimate of drug-likeness (QED) is 0.115. The van der Waals surface area contributed by atoms with Gasteiger partial charge in [0.05, 0.1) is 36.7 Å². The van der Waals surface area contributed by atoms with E-state index in [0.717, 1.165) is 82.0 Å². The van der Waals surface area contributed by atoms with Crippen molar-refractivity contribution in [2.45, 2.75) is 108 Å². The summed E-state index contributed by atoms with van der Waals surface area (Å²) in [5, 5.41) is 4.50. The van der Waals surface area contributed by atoms with Gasteiger partial charge in [0.25, 0.3) is 5.95 Å². The summed E-state index contributed by atoms with van der Waals surface area (Å²) < 4.78 is 26.1. The molecule has 3 aromatic heterocycles. The van der Waals surface area contributed by atoms with Crippen LogP contribution in [0.25, 0.3) is 22.1 Å². The molecule has 4 atom stereocenters. The van der Waals surface area contributed by atoms with E-state index in [-0.39, 0.29) is 23.7 Å². The molecule has 0 unspecified atom stereocenters. The zero-order valence-corrected chi connectivity index (χ0v) is 33.6. The number of aryl methyl sites for hydroxylation is 1. The monoisotopic (exact) mass is 759 g/mol. The van der Waals surface area contributed by atoms with Gasteiger partial charge in [0.15, 0.2) is 6.10 Å². The number of fused-ring (bicyclic) bond motifs is 3. The number of aromatic amines is 1. The molecule has 3 saturated carbocycles. The summed E-state index contributed by atoms with van der Waals surface area (Å²) in [6.07, 6.45) is 13.4. The maximum absolute atomic E-state index is 6.39. The maximum Gasteiger partial charge on any atom is 0.272 e. The summed E-state index contributed by atoms with van der Waals surface area (Å²) in [7, 11) is 3.33. The Bertz CT molecular complexity index is 2200. The Morgan fingerprint density at radius 3 is 2.57 bits per heavy atom. The largest absolute Gasteiger partial charge is 0.497 e. The van der Waals surface area contributed by atoms with Crippen molar-refractivity contribution < 1.29 is 18.9 Å². The molecule has 4 fully saturated rings. The van der Waals surface area contributed by atoms with Gasteiger partial charge in [-0.25, -0.2) is 15.0 Å². The first-order valence-electron chi connectivity index (χ1n) is 20.6. The lowest BCUT2D eigenvalue weighted by Crippen LogP contribution is -2.50. The number of rotatable bonds is 14. The van der Waals surface area contributed by atoms with Crippen LogP contribution in [0.2, 0.25) is 0 Å². The highest BCUT2D eigenvalue weighted by atomic mass is 16.7. The van der Waals surface area contributed by atoms with E-state index in [1.807, 2.05) is 18.2 Å². The highest BCUT2D eigenvalue weighted by Crippen LogP contribution is 2.47. The number of benzene rings is 2. The Balaban J connectivity index is 0.868. The zero-order valence-electron chi connectivity index (χ0n) is 33.6. The number of anilines is 1. The minimum absolute atomic E-state index is 0.0291. The fourth-order valence-corrected chi connectivity index (χ4v) is 9.61. The van der Waals surface area contributed by atoms with E-state index < -0.39 is 0 Å². The minimum Gasteiger partial charge on any atom is -0.497 e. The SMILES string of the molecule is C=C1O[C@@H]2[C@@H](CN(CC3CCC3)[C@H]3C[C@@H](CCc4nc5cc(C(C)(C)C)ccc5[nH]4)C3)C[C@@H](n3ccc4c(NCc5ccc(OC)cc5OC)ncnc43)[C@@H]2O1.